The summed E-state index contributed by atoms with van der Waals surface area (Å²) in [5.74, 6) is 3.48. The first kappa shape index (κ1) is 20.1. The summed E-state index contributed by atoms with van der Waals surface area (Å²) in [6.07, 6.45) is -0.154. The third-order valence-electron chi connectivity index (χ3n) is 3.15. The second-order valence-corrected chi connectivity index (χ2v) is 5.39. The number of carbonyl (C=O) groups is 2. The molecule has 0 amide bonds. The van der Waals surface area contributed by atoms with Crippen LogP contribution in [-0.2, 0) is 10.3 Å². The highest BCUT2D eigenvalue weighted by molar-refractivity contribution is 7.70. The van der Waals surface area contributed by atoms with Gasteiger partial charge in [-0.15, -0.1) is 0 Å². The van der Waals surface area contributed by atoms with E-state index in [0.717, 1.165) is 0 Å². The molecule has 0 aliphatic carbocycles. The van der Waals surface area contributed by atoms with Gasteiger partial charge in [-0.05, 0) is 48.5 Å². The molecule has 0 fully saturated rings. The van der Waals surface area contributed by atoms with Crippen LogP contribution in [0.1, 0.15) is 27.1 Å². The number of Topliss-reactive ketones (excluding diaryl/α,β-unsaturated/α-hetero) is 2. The normalized spacial score (nSPS) is 9.36. The van der Waals surface area contributed by atoms with E-state index in [9.17, 15) is 9.59 Å². The zero-order chi connectivity index (χ0) is 18.8. The minimum Gasteiger partial charge on any atom is -0.497 e. The predicted octanol–water partition coefficient (Wildman–Crippen LogP) is 2.46. The summed E-state index contributed by atoms with van der Waals surface area (Å²) in [5.41, 5.74) is 0.996. The van der Waals surface area contributed by atoms with Crippen LogP contribution in [0.15, 0.2) is 48.5 Å². The van der Waals surface area contributed by atoms with Crippen molar-refractivity contribution in [1.82, 2.24) is 0 Å². The fraction of sp³-hybridized carbons (Fsp3) is 0.167. The molecule has 25 heavy (non-hydrogen) atoms. The van der Waals surface area contributed by atoms with Gasteiger partial charge >= 0.3 is 0 Å². The van der Waals surface area contributed by atoms with Crippen molar-refractivity contribution in [3.8, 4) is 11.5 Å². The molecular weight excluding hydrogens is 344 g/mol. The molecule has 0 aliphatic rings. The van der Waals surface area contributed by atoms with Gasteiger partial charge in [-0.3, -0.25) is 9.59 Å². The quantitative estimate of drug-likeness (QED) is 0.446. The van der Waals surface area contributed by atoms with Crippen LogP contribution in [-0.4, -0.2) is 40.1 Å². The molecule has 132 valence electrons. The van der Waals surface area contributed by atoms with E-state index in [1.807, 2.05) is 0 Å². The first-order valence-electron chi connectivity index (χ1n) is 7.10. The Bertz CT molecular complexity index is 757. The van der Waals surface area contributed by atoms with Crippen molar-refractivity contribution in [3.63, 3.8) is 0 Å². The molecule has 0 heterocycles. The summed E-state index contributed by atoms with van der Waals surface area (Å²) >= 11 is 0. The lowest BCUT2D eigenvalue weighted by molar-refractivity contribution is 0.0894. The molecule has 2 aromatic carbocycles. The van der Waals surface area contributed by atoms with Gasteiger partial charge in [-0.1, -0.05) is 0 Å². The average molecular weight is 362 g/mol. The maximum atomic E-state index is 12.1. The van der Waals surface area contributed by atoms with Crippen LogP contribution in [0.5, 0.6) is 11.5 Å². The largest absolute Gasteiger partial charge is 0.497 e. The second kappa shape index (κ2) is 10.0. The molecule has 0 spiro atoms. The van der Waals surface area contributed by atoms with Crippen molar-refractivity contribution in [2.75, 3.05) is 14.2 Å². The van der Waals surface area contributed by atoms with Crippen molar-refractivity contribution in [2.45, 2.75) is 6.42 Å². The summed E-state index contributed by atoms with van der Waals surface area (Å²) in [6, 6.07) is 13.4. The lowest BCUT2D eigenvalue weighted by atomic mass is 10.0. The molecule has 2 rings (SSSR count). The van der Waals surface area contributed by atoms with Crippen molar-refractivity contribution >= 4 is 27.7 Å². The molecule has 2 aromatic rings. The number of rotatable bonds is 6. The smallest absolute Gasteiger partial charge is 0.206 e. The molecule has 6 nitrogen and oxygen atoms in total. The Labute approximate surface area is 147 Å². The van der Waals surface area contributed by atoms with E-state index in [2.05, 4.69) is 5.87 Å². The SMILES string of the molecule is C=S(=O)=O.COc1ccc(C(=O)CC(=O)c2ccc(OC)cc2)cc1. The molecule has 0 saturated heterocycles. The monoisotopic (exact) mass is 362 g/mol. The summed E-state index contributed by atoms with van der Waals surface area (Å²) in [4.78, 5) is 24.1. The standard InChI is InChI=1S/C17H16O4.CH2O2S/c1-20-14-7-3-12(4-8-14)16(18)11-17(19)13-5-9-15(21-2)10-6-13;1-4(2)3/h3-10H,11H2,1-2H3;1H2. The number of ketones is 2. The topological polar surface area (TPSA) is 86.7 Å². The molecule has 0 aromatic heterocycles. The Balaban J connectivity index is 0.000000705. The Hall–Kier alpha value is -2.93. The Morgan fingerprint density at radius 1 is 0.800 bits per heavy atom. The van der Waals surface area contributed by atoms with Gasteiger partial charge in [0.15, 0.2) is 11.6 Å². The van der Waals surface area contributed by atoms with Crippen LogP contribution in [0.2, 0.25) is 0 Å². The highest BCUT2D eigenvalue weighted by Crippen LogP contribution is 2.16. The molecule has 0 atom stereocenters. The first-order chi connectivity index (χ1) is 11.9. The summed E-state index contributed by atoms with van der Waals surface area (Å²) in [5, 5.41) is 0. The minimum atomic E-state index is -2.11. The number of benzene rings is 2. The molecular formula is C18H18O6S. The Kier molecular flexibility index (Phi) is 8.08. The van der Waals surface area contributed by atoms with E-state index in [0.29, 0.717) is 22.6 Å². The van der Waals surface area contributed by atoms with Crippen molar-refractivity contribution in [1.29, 1.82) is 0 Å². The highest BCUT2D eigenvalue weighted by atomic mass is 32.2. The summed E-state index contributed by atoms with van der Waals surface area (Å²) in [7, 11) is 1.01. The van der Waals surface area contributed by atoms with Crippen LogP contribution in [0.4, 0.5) is 0 Å². The van der Waals surface area contributed by atoms with E-state index < -0.39 is 10.3 Å². The summed E-state index contributed by atoms with van der Waals surface area (Å²) in [6.45, 7) is 0. The first-order valence-corrected chi connectivity index (χ1v) is 8.35. The van der Waals surface area contributed by atoms with Crippen LogP contribution >= 0.6 is 0 Å². The Morgan fingerprint density at radius 3 is 1.32 bits per heavy atom. The summed E-state index contributed by atoms with van der Waals surface area (Å²) < 4.78 is 27.8. The number of carbonyl (C=O) groups excluding carboxylic acids is 2. The zero-order valence-corrected chi connectivity index (χ0v) is 14.7. The van der Waals surface area contributed by atoms with Gasteiger partial charge in [-0.2, -0.15) is 8.42 Å². The van der Waals surface area contributed by atoms with E-state index in [-0.39, 0.29) is 18.0 Å². The van der Waals surface area contributed by atoms with Crippen molar-refractivity contribution < 1.29 is 27.5 Å². The molecule has 0 saturated carbocycles. The maximum Gasteiger partial charge on any atom is 0.206 e. The minimum absolute atomic E-state index is 0.154. The number of hydrogen-bond donors (Lipinski definition) is 0. The second-order valence-electron chi connectivity index (χ2n) is 4.78. The van der Waals surface area contributed by atoms with E-state index >= 15 is 0 Å². The number of ether oxygens (including phenoxy) is 2. The fourth-order valence-corrected chi connectivity index (χ4v) is 1.90. The van der Waals surface area contributed by atoms with Gasteiger partial charge < -0.3 is 9.47 Å². The van der Waals surface area contributed by atoms with Crippen molar-refractivity contribution in [3.05, 3.63) is 59.7 Å². The molecule has 7 heteroatoms. The van der Waals surface area contributed by atoms with E-state index in [1.165, 1.54) is 0 Å². The molecule has 0 radical (unpaired) electrons. The van der Waals surface area contributed by atoms with Crippen LogP contribution in [0.3, 0.4) is 0 Å². The van der Waals surface area contributed by atoms with Crippen molar-refractivity contribution in [2.24, 2.45) is 0 Å². The third kappa shape index (κ3) is 7.01. The van der Waals surface area contributed by atoms with E-state index in [1.54, 1.807) is 62.8 Å². The van der Waals surface area contributed by atoms with Gasteiger partial charge in [0.2, 0.25) is 10.3 Å². The van der Waals surface area contributed by atoms with Gasteiger partial charge in [0.05, 0.1) is 20.6 Å². The lowest BCUT2D eigenvalue weighted by Crippen LogP contribution is -2.08. The third-order valence-corrected chi connectivity index (χ3v) is 3.15. The van der Waals surface area contributed by atoms with Gasteiger partial charge in [0, 0.05) is 17.0 Å². The predicted molar refractivity (Wildman–Crippen MR) is 95.3 cm³/mol. The van der Waals surface area contributed by atoms with E-state index in [4.69, 9.17) is 17.9 Å². The maximum absolute atomic E-state index is 12.1. The highest BCUT2D eigenvalue weighted by Gasteiger charge is 2.13. The molecule has 0 bridgehead atoms. The average Bonchev–Trinajstić information content (AvgIpc) is 2.61. The molecule has 0 N–H and O–H groups in total. The molecule has 0 unspecified atom stereocenters. The van der Waals surface area contributed by atoms with Crippen LogP contribution < -0.4 is 9.47 Å². The van der Waals surface area contributed by atoms with Gasteiger partial charge in [0.25, 0.3) is 0 Å². The van der Waals surface area contributed by atoms with Crippen LogP contribution in [0, 0.1) is 0 Å². The fourth-order valence-electron chi connectivity index (χ4n) is 1.90. The van der Waals surface area contributed by atoms with Crippen LogP contribution in [0.25, 0.3) is 0 Å². The van der Waals surface area contributed by atoms with Gasteiger partial charge in [0.1, 0.15) is 11.5 Å². The lowest BCUT2D eigenvalue weighted by Gasteiger charge is -2.04. The van der Waals surface area contributed by atoms with Gasteiger partial charge in [-0.25, -0.2) is 0 Å². The molecule has 0 aliphatic heterocycles. The number of methoxy groups -OCH3 is 2. The Morgan fingerprint density at radius 2 is 1.08 bits per heavy atom. The zero-order valence-electron chi connectivity index (χ0n) is 13.9. The number of hydrogen-bond acceptors (Lipinski definition) is 6.